The Hall–Kier alpha value is -3.19. The van der Waals surface area contributed by atoms with Gasteiger partial charge in [-0.3, -0.25) is 25.2 Å². The first-order valence-corrected chi connectivity index (χ1v) is 12.7. The highest BCUT2D eigenvalue weighted by Gasteiger charge is 2.32. The average molecular weight is 550 g/mol. The van der Waals surface area contributed by atoms with Crippen molar-refractivity contribution in [1.82, 2.24) is 10.9 Å². The molecule has 36 heavy (non-hydrogen) atoms. The van der Waals surface area contributed by atoms with Crippen molar-refractivity contribution < 1.29 is 40.4 Å². The summed E-state index contributed by atoms with van der Waals surface area (Å²) >= 11 is 5.86. The van der Waals surface area contributed by atoms with Crippen LogP contribution in [0, 0.1) is 17.6 Å². The molecule has 3 amide bonds. The number of hydrazine groups is 1. The first kappa shape index (κ1) is 27.4. The van der Waals surface area contributed by atoms with Crippen molar-refractivity contribution in [2.45, 2.75) is 25.8 Å². The lowest BCUT2D eigenvalue weighted by Crippen LogP contribution is -2.44. The number of amides is 3. The normalized spacial score (nSPS) is 15.4. The Morgan fingerprint density at radius 1 is 1.00 bits per heavy atom. The Morgan fingerprint density at radius 3 is 2.25 bits per heavy atom. The number of carbonyl (C=O) groups excluding carboxylic acids is 3. The van der Waals surface area contributed by atoms with E-state index < -0.39 is 51.5 Å². The first-order chi connectivity index (χ1) is 16.9. The van der Waals surface area contributed by atoms with E-state index in [-0.39, 0.29) is 52.7 Å². The van der Waals surface area contributed by atoms with Gasteiger partial charge in [-0.05, 0) is 43.2 Å². The van der Waals surface area contributed by atoms with Gasteiger partial charge in [0.05, 0.1) is 23.1 Å². The number of alkyl halides is 2. The number of sulfone groups is 1. The smallest absolute Gasteiger partial charge is 0.308 e. The number of anilines is 1. The summed E-state index contributed by atoms with van der Waals surface area (Å²) in [5.41, 5.74) is 3.00. The van der Waals surface area contributed by atoms with Crippen LogP contribution in [0.1, 0.15) is 28.8 Å². The first-order valence-electron chi connectivity index (χ1n) is 10.5. The van der Waals surface area contributed by atoms with Gasteiger partial charge in [0, 0.05) is 22.7 Å². The Balaban J connectivity index is 1.84. The molecule has 1 fully saturated rings. The Morgan fingerprint density at radius 2 is 1.67 bits per heavy atom. The van der Waals surface area contributed by atoms with Crippen LogP contribution in [0.2, 0.25) is 5.02 Å². The molecule has 3 rings (SSSR count). The molecular formula is C22H20ClF4N3O5S. The average Bonchev–Trinajstić information content (AvgIpc) is 2.82. The molecule has 1 aliphatic rings. The molecule has 2 aromatic carbocycles. The fourth-order valence-electron chi connectivity index (χ4n) is 3.54. The van der Waals surface area contributed by atoms with E-state index in [0.717, 1.165) is 23.1 Å². The second kappa shape index (κ2) is 11.2. The molecule has 0 atom stereocenters. The summed E-state index contributed by atoms with van der Waals surface area (Å²) in [6.45, 7) is -0.361. The van der Waals surface area contributed by atoms with Crippen molar-refractivity contribution in [2.24, 2.45) is 5.92 Å². The lowest BCUT2D eigenvalue weighted by Gasteiger charge is -2.30. The minimum atomic E-state index is -3.36. The van der Waals surface area contributed by atoms with E-state index in [4.69, 9.17) is 11.6 Å². The van der Waals surface area contributed by atoms with Gasteiger partial charge in [0.15, 0.2) is 0 Å². The van der Waals surface area contributed by atoms with Crippen LogP contribution in [-0.4, -0.2) is 44.1 Å². The molecule has 2 aromatic rings. The number of nitrogens with zero attached hydrogens (tertiary/aromatic N) is 1. The van der Waals surface area contributed by atoms with Crippen LogP contribution in [0.3, 0.4) is 0 Å². The maximum absolute atomic E-state index is 14.9. The molecule has 0 aromatic heterocycles. The molecule has 1 heterocycles. The van der Waals surface area contributed by atoms with E-state index in [1.165, 1.54) is 23.6 Å². The lowest BCUT2D eigenvalue weighted by atomic mass is 10.00. The van der Waals surface area contributed by atoms with Crippen molar-refractivity contribution in [1.29, 1.82) is 0 Å². The molecule has 1 saturated heterocycles. The molecule has 194 valence electrons. The quantitative estimate of drug-likeness (QED) is 0.425. The van der Waals surface area contributed by atoms with Gasteiger partial charge in [0.25, 0.3) is 5.91 Å². The Labute approximate surface area is 208 Å². The molecule has 0 spiro atoms. The van der Waals surface area contributed by atoms with Crippen LogP contribution in [0.15, 0.2) is 36.4 Å². The largest absolute Gasteiger partial charge is 0.317 e. The maximum atomic E-state index is 14.9. The minimum Gasteiger partial charge on any atom is -0.308 e. The van der Waals surface area contributed by atoms with Crippen LogP contribution in [0.4, 0.5) is 23.2 Å². The summed E-state index contributed by atoms with van der Waals surface area (Å²) in [6.07, 6.45) is -3.23. The molecule has 1 aliphatic heterocycles. The van der Waals surface area contributed by atoms with Crippen LogP contribution in [0.25, 0.3) is 0 Å². The summed E-state index contributed by atoms with van der Waals surface area (Å²) in [5.74, 6) is -6.02. The van der Waals surface area contributed by atoms with Crippen LogP contribution >= 0.6 is 11.6 Å². The lowest BCUT2D eigenvalue weighted by molar-refractivity contribution is -0.132. The third-order valence-corrected chi connectivity index (χ3v) is 7.53. The van der Waals surface area contributed by atoms with Crippen molar-refractivity contribution in [3.63, 3.8) is 0 Å². The third-order valence-electron chi connectivity index (χ3n) is 5.53. The zero-order valence-electron chi connectivity index (χ0n) is 18.4. The summed E-state index contributed by atoms with van der Waals surface area (Å²) in [7, 11) is -3.25. The van der Waals surface area contributed by atoms with Crippen molar-refractivity contribution in [2.75, 3.05) is 16.4 Å². The number of halogens is 5. The molecule has 0 aliphatic carbocycles. The Kier molecular flexibility index (Phi) is 8.56. The fraction of sp³-hybridized carbons (Fsp3) is 0.318. The standard InChI is InChI=1S/C22H20ClF4N3O5S/c23-16-10-15(3-4-17(16)24)30(22(33)12-5-7-36(34,35)8-6-12)11-14-2-1-13(9-18(14)25)20(31)28-29-21(32)19(26)27/h1-4,9-10,12,19H,5-8,11H2,(H,28,31)(H,29,32). The summed E-state index contributed by atoms with van der Waals surface area (Å²) < 4.78 is 76.5. The molecule has 0 bridgehead atoms. The zero-order valence-corrected chi connectivity index (χ0v) is 20.0. The van der Waals surface area contributed by atoms with Crippen molar-refractivity contribution in [3.05, 3.63) is 64.2 Å². The topological polar surface area (TPSA) is 113 Å². The molecular weight excluding hydrogens is 530 g/mol. The van der Waals surface area contributed by atoms with Gasteiger partial charge >= 0.3 is 12.3 Å². The molecule has 0 unspecified atom stereocenters. The highest BCUT2D eigenvalue weighted by Crippen LogP contribution is 2.29. The highest BCUT2D eigenvalue weighted by molar-refractivity contribution is 7.91. The van der Waals surface area contributed by atoms with Gasteiger partial charge in [-0.2, -0.15) is 8.78 Å². The summed E-state index contributed by atoms with van der Waals surface area (Å²) in [5, 5.41) is -0.283. The summed E-state index contributed by atoms with van der Waals surface area (Å²) in [4.78, 5) is 37.3. The second-order valence-corrected chi connectivity index (χ2v) is 10.7. The predicted octanol–water partition coefficient (Wildman–Crippen LogP) is 3.00. The van der Waals surface area contributed by atoms with Crippen LogP contribution < -0.4 is 15.8 Å². The zero-order chi connectivity index (χ0) is 26.6. The number of benzene rings is 2. The number of hydrogen-bond donors (Lipinski definition) is 2. The van der Waals surface area contributed by atoms with Gasteiger partial charge in [0.2, 0.25) is 5.91 Å². The number of hydrogen-bond acceptors (Lipinski definition) is 5. The highest BCUT2D eigenvalue weighted by atomic mass is 35.5. The molecule has 8 nitrogen and oxygen atoms in total. The minimum absolute atomic E-state index is 0.0552. The predicted molar refractivity (Wildman–Crippen MR) is 122 cm³/mol. The van der Waals surface area contributed by atoms with E-state index in [1.807, 2.05) is 0 Å². The number of nitrogens with one attached hydrogen (secondary N) is 2. The summed E-state index contributed by atoms with van der Waals surface area (Å²) in [6, 6.07) is 6.59. The van der Waals surface area contributed by atoms with Gasteiger partial charge in [-0.15, -0.1) is 0 Å². The third kappa shape index (κ3) is 6.72. The van der Waals surface area contributed by atoms with Gasteiger partial charge in [-0.25, -0.2) is 17.2 Å². The number of carbonyl (C=O) groups is 3. The maximum Gasteiger partial charge on any atom is 0.317 e. The molecule has 0 saturated carbocycles. The van der Waals surface area contributed by atoms with E-state index >= 15 is 0 Å². The van der Waals surface area contributed by atoms with Gasteiger partial charge in [-0.1, -0.05) is 17.7 Å². The van der Waals surface area contributed by atoms with E-state index in [9.17, 15) is 40.4 Å². The van der Waals surface area contributed by atoms with Crippen LogP contribution in [0.5, 0.6) is 0 Å². The van der Waals surface area contributed by atoms with E-state index in [1.54, 1.807) is 5.43 Å². The second-order valence-electron chi connectivity index (χ2n) is 8.00. The van der Waals surface area contributed by atoms with Crippen molar-refractivity contribution in [3.8, 4) is 0 Å². The molecule has 2 N–H and O–H groups in total. The molecule has 0 radical (unpaired) electrons. The van der Waals surface area contributed by atoms with Crippen LogP contribution in [-0.2, 0) is 26.0 Å². The Bertz CT molecular complexity index is 1280. The SMILES string of the molecule is O=C(NNC(=O)C(F)F)c1ccc(CN(C(=O)C2CCS(=O)(=O)CC2)c2ccc(F)c(Cl)c2)c(F)c1. The number of rotatable bonds is 6. The fourth-order valence-corrected chi connectivity index (χ4v) is 5.21. The van der Waals surface area contributed by atoms with Crippen molar-refractivity contribution >= 4 is 44.8 Å². The monoisotopic (exact) mass is 549 g/mol. The van der Waals surface area contributed by atoms with Gasteiger partial charge in [0.1, 0.15) is 21.5 Å². The molecule has 14 heteroatoms. The van der Waals surface area contributed by atoms with E-state index in [2.05, 4.69) is 0 Å². The van der Waals surface area contributed by atoms with Gasteiger partial charge < -0.3 is 4.90 Å². The van der Waals surface area contributed by atoms with E-state index in [0.29, 0.717) is 0 Å².